The summed E-state index contributed by atoms with van der Waals surface area (Å²) in [5, 5.41) is 20.1. The maximum absolute atomic E-state index is 10.7. The summed E-state index contributed by atoms with van der Waals surface area (Å²) < 4.78 is 0. The van der Waals surface area contributed by atoms with Gasteiger partial charge in [-0.2, -0.15) is 0 Å². The Morgan fingerprint density at radius 3 is 2.79 bits per heavy atom. The van der Waals surface area contributed by atoms with Crippen LogP contribution in [0.3, 0.4) is 0 Å². The molecule has 0 saturated carbocycles. The molecule has 1 N–H and O–H groups in total. The Morgan fingerprint density at radius 1 is 1.64 bits per heavy atom. The predicted octanol–water partition coefficient (Wildman–Crippen LogP) is 2.12. The van der Waals surface area contributed by atoms with Gasteiger partial charge in [-0.05, 0) is 18.6 Å². The molecule has 0 radical (unpaired) electrons. The number of benzene rings is 1. The average Bonchev–Trinajstić information content (AvgIpc) is 2.16. The van der Waals surface area contributed by atoms with Gasteiger partial charge in [0.1, 0.15) is 6.10 Å². The van der Waals surface area contributed by atoms with Crippen LogP contribution in [0.4, 0.5) is 5.69 Å². The molecule has 14 heavy (non-hydrogen) atoms. The minimum absolute atomic E-state index is 0.0719. The van der Waals surface area contributed by atoms with Gasteiger partial charge in [-0.15, -0.1) is 6.58 Å². The van der Waals surface area contributed by atoms with E-state index in [9.17, 15) is 15.2 Å². The topological polar surface area (TPSA) is 63.4 Å². The fourth-order valence-electron chi connectivity index (χ4n) is 1.19. The molecule has 1 rings (SSSR count). The van der Waals surface area contributed by atoms with E-state index in [2.05, 4.69) is 6.58 Å². The van der Waals surface area contributed by atoms with E-state index < -0.39 is 11.0 Å². The van der Waals surface area contributed by atoms with Crippen LogP contribution in [0.5, 0.6) is 0 Å². The van der Waals surface area contributed by atoms with Crippen molar-refractivity contribution in [3.8, 4) is 0 Å². The van der Waals surface area contributed by atoms with Crippen LogP contribution in [-0.2, 0) is 0 Å². The van der Waals surface area contributed by atoms with Crippen molar-refractivity contribution < 1.29 is 10.0 Å². The number of hydrogen-bond donors (Lipinski definition) is 1. The third kappa shape index (κ3) is 1.97. The van der Waals surface area contributed by atoms with Crippen LogP contribution in [0.15, 0.2) is 30.9 Å². The molecule has 0 aliphatic heterocycles. The molecule has 0 aliphatic rings. The molecule has 0 fully saturated rings. The highest BCUT2D eigenvalue weighted by atomic mass is 16.6. The van der Waals surface area contributed by atoms with E-state index in [1.165, 1.54) is 12.1 Å². The standard InChI is InChI=1S/C10H11NO3/c1-3-10(12)8-5-4-7(2)6-9(8)11(13)14/h3-6,10,12H,1H2,2H3. The first-order valence-corrected chi connectivity index (χ1v) is 4.12. The third-order valence-electron chi connectivity index (χ3n) is 1.92. The highest BCUT2D eigenvalue weighted by Crippen LogP contribution is 2.26. The molecule has 0 aliphatic carbocycles. The van der Waals surface area contributed by atoms with Gasteiger partial charge in [-0.3, -0.25) is 10.1 Å². The largest absolute Gasteiger partial charge is 0.384 e. The molecule has 0 saturated heterocycles. The summed E-state index contributed by atoms with van der Waals surface area (Å²) in [7, 11) is 0. The summed E-state index contributed by atoms with van der Waals surface area (Å²) >= 11 is 0. The Morgan fingerprint density at radius 2 is 2.29 bits per heavy atom. The van der Waals surface area contributed by atoms with Crippen LogP contribution in [0.1, 0.15) is 17.2 Å². The summed E-state index contributed by atoms with van der Waals surface area (Å²) in [5.41, 5.74) is 0.990. The minimum atomic E-state index is -0.990. The van der Waals surface area contributed by atoms with Crippen molar-refractivity contribution in [1.82, 2.24) is 0 Å². The second kappa shape index (κ2) is 4.02. The van der Waals surface area contributed by atoms with Crippen LogP contribution in [0, 0.1) is 17.0 Å². The van der Waals surface area contributed by atoms with Crippen molar-refractivity contribution in [3.05, 3.63) is 52.1 Å². The van der Waals surface area contributed by atoms with Gasteiger partial charge in [-0.25, -0.2) is 0 Å². The zero-order chi connectivity index (χ0) is 10.7. The number of aryl methyl sites for hydroxylation is 1. The van der Waals surface area contributed by atoms with Crippen LogP contribution in [-0.4, -0.2) is 10.0 Å². The summed E-state index contributed by atoms with van der Waals surface area (Å²) in [6, 6.07) is 4.69. The normalized spacial score (nSPS) is 12.1. The lowest BCUT2D eigenvalue weighted by atomic mass is 10.1. The Hall–Kier alpha value is -1.68. The van der Waals surface area contributed by atoms with E-state index >= 15 is 0 Å². The molecule has 1 atom stereocenters. The average molecular weight is 193 g/mol. The molecule has 0 bridgehead atoms. The van der Waals surface area contributed by atoms with Gasteiger partial charge in [-0.1, -0.05) is 12.1 Å². The molecule has 1 aromatic carbocycles. The molecule has 0 heterocycles. The Kier molecular flexibility index (Phi) is 2.99. The molecule has 4 heteroatoms. The summed E-state index contributed by atoms with van der Waals surface area (Å²) in [5.74, 6) is 0. The zero-order valence-electron chi connectivity index (χ0n) is 7.80. The lowest BCUT2D eigenvalue weighted by Crippen LogP contribution is -2.00. The number of aliphatic hydroxyl groups is 1. The van der Waals surface area contributed by atoms with Gasteiger partial charge < -0.3 is 5.11 Å². The molecule has 1 unspecified atom stereocenters. The molecule has 74 valence electrons. The minimum Gasteiger partial charge on any atom is -0.384 e. The molecule has 0 spiro atoms. The van der Waals surface area contributed by atoms with E-state index in [0.717, 1.165) is 5.56 Å². The molecule has 0 amide bonds. The number of nitro groups is 1. The predicted molar refractivity (Wildman–Crippen MR) is 53.0 cm³/mol. The monoisotopic (exact) mass is 193 g/mol. The van der Waals surface area contributed by atoms with Crippen molar-refractivity contribution in [2.45, 2.75) is 13.0 Å². The van der Waals surface area contributed by atoms with Gasteiger partial charge in [0.15, 0.2) is 0 Å². The Labute approximate surface area is 81.6 Å². The van der Waals surface area contributed by atoms with E-state index in [1.54, 1.807) is 19.1 Å². The van der Waals surface area contributed by atoms with Gasteiger partial charge in [0.2, 0.25) is 0 Å². The van der Waals surface area contributed by atoms with Gasteiger partial charge in [0, 0.05) is 6.07 Å². The smallest absolute Gasteiger partial charge is 0.275 e. The molecule has 4 nitrogen and oxygen atoms in total. The Bertz CT molecular complexity index is 374. The number of aliphatic hydroxyl groups excluding tert-OH is 1. The maximum Gasteiger partial charge on any atom is 0.275 e. The number of hydrogen-bond acceptors (Lipinski definition) is 3. The van der Waals surface area contributed by atoms with Crippen molar-refractivity contribution >= 4 is 5.69 Å². The second-order valence-electron chi connectivity index (χ2n) is 3.00. The van der Waals surface area contributed by atoms with Crippen LogP contribution in [0.25, 0.3) is 0 Å². The first-order valence-electron chi connectivity index (χ1n) is 4.12. The van der Waals surface area contributed by atoms with Crippen LogP contribution >= 0.6 is 0 Å². The highest BCUT2D eigenvalue weighted by Gasteiger charge is 2.17. The zero-order valence-corrected chi connectivity index (χ0v) is 7.80. The molecular weight excluding hydrogens is 182 g/mol. The first-order chi connectivity index (χ1) is 6.56. The van der Waals surface area contributed by atoms with Crippen molar-refractivity contribution in [2.75, 3.05) is 0 Å². The summed E-state index contributed by atoms with van der Waals surface area (Å²) in [6.07, 6.45) is 0.272. The molecule has 0 aromatic heterocycles. The maximum atomic E-state index is 10.7. The van der Waals surface area contributed by atoms with Gasteiger partial charge in [0.05, 0.1) is 10.5 Å². The fraction of sp³-hybridized carbons (Fsp3) is 0.200. The van der Waals surface area contributed by atoms with E-state index in [0.29, 0.717) is 0 Å². The van der Waals surface area contributed by atoms with E-state index in [1.807, 2.05) is 0 Å². The third-order valence-corrected chi connectivity index (χ3v) is 1.92. The van der Waals surface area contributed by atoms with E-state index in [4.69, 9.17) is 0 Å². The molecular formula is C10H11NO3. The first kappa shape index (κ1) is 10.4. The fourth-order valence-corrected chi connectivity index (χ4v) is 1.19. The van der Waals surface area contributed by atoms with Gasteiger partial charge >= 0.3 is 0 Å². The lowest BCUT2D eigenvalue weighted by molar-refractivity contribution is -0.386. The van der Waals surface area contributed by atoms with Crippen molar-refractivity contribution in [2.24, 2.45) is 0 Å². The summed E-state index contributed by atoms with van der Waals surface area (Å²) in [6.45, 7) is 5.15. The van der Waals surface area contributed by atoms with Crippen molar-refractivity contribution in [3.63, 3.8) is 0 Å². The quantitative estimate of drug-likeness (QED) is 0.454. The van der Waals surface area contributed by atoms with Gasteiger partial charge in [0.25, 0.3) is 5.69 Å². The van der Waals surface area contributed by atoms with E-state index in [-0.39, 0.29) is 11.3 Å². The number of rotatable bonds is 3. The molecule has 1 aromatic rings. The SMILES string of the molecule is C=CC(O)c1ccc(C)cc1[N+](=O)[O-]. The number of nitrogens with zero attached hydrogens (tertiary/aromatic N) is 1. The summed E-state index contributed by atoms with van der Waals surface area (Å²) in [4.78, 5) is 10.1. The second-order valence-corrected chi connectivity index (χ2v) is 3.00. The Balaban J connectivity index is 3.28. The van der Waals surface area contributed by atoms with Crippen LogP contribution in [0.2, 0.25) is 0 Å². The van der Waals surface area contributed by atoms with Crippen molar-refractivity contribution in [1.29, 1.82) is 0 Å². The highest BCUT2D eigenvalue weighted by molar-refractivity contribution is 5.45. The lowest BCUT2D eigenvalue weighted by Gasteiger charge is -2.06. The van der Waals surface area contributed by atoms with Crippen LogP contribution < -0.4 is 0 Å². The number of nitro benzene ring substituents is 1.